The molecule has 108 valence electrons. The summed E-state index contributed by atoms with van der Waals surface area (Å²) in [7, 11) is 1.57. The number of fused-ring (bicyclic) bond motifs is 1. The first-order chi connectivity index (χ1) is 10.2. The molecule has 2 N–H and O–H groups in total. The summed E-state index contributed by atoms with van der Waals surface area (Å²) in [6.07, 6.45) is 0. The number of para-hydroxylation sites is 1. The first-order valence-corrected chi connectivity index (χ1v) is 6.74. The van der Waals surface area contributed by atoms with Crippen LogP contribution in [0.2, 0.25) is 0 Å². The Bertz CT molecular complexity index is 811. The Labute approximate surface area is 122 Å². The number of nitrogens with two attached hydrogens (primary N) is 1. The van der Waals surface area contributed by atoms with Crippen LogP contribution in [-0.2, 0) is 6.54 Å². The number of halogens is 1. The molecule has 0 radical (unpaired) electrons. The van der Waals surface area contributed by atoms with Crippen molar-refractivity contribution < 1.29 is 9.13 Å². The summed E-state index contributed by atoms with van der Waals surface area (Å²) in [6, 6.07) is 10.4. The van der Waals surface area contributed by atoms with Gasteiger partial charge in [0.1, 0.15) is 17.1 Å². The maximum atomic E-state index is 13.9. The maximum Gasteiger partial charge on any atom is 0.151 e. The molecular formula is C16H16FN3O. The van der Waals surface area contributed by atoms with Crippen LogP contribution in [0.15, 0.2) is 36.4 Å². The van der Waals surface area contributed by atoms with Crippen LogP contribution in [0.5, 0.6) is 5.75 Å². The average molecular weight is 285 g/mol. The molecular weight excluding hydrogens is 269 g/mol. The van der Waals surface area contributed by atoms with Crippen LogP contribution >= 0.6 is 0 Å². The van der Waals surface area contributed by atoms with E-state index in [0.29, 0.717) is 29.3 Å². The molecule has 0 spiro atoms. The minimum atomic E-state index is -0.317. The van der Waals surface area contributed by atoms with Gasteiger partial charge in [-0.15, -0.1) is 0 Å². The van der Waals surface area contributed by atoms with Gasteiger partial charge in [0.2, 0.25) is 0 Å². The zero-order valence-electron chi connectivity index (χ0n) is 11.9. The van der Waals surface area contributed by atoms with Crippen LogP contribution in [0.4, 0.5) is 10.1 Å². The third-order valence-corrected chi connectivity index (χ3v) is 3.53. The molecule has 0 bridgehead atoms. The second kappa shape index (κ2) is 5.09. The smallest absolute Gasteiger partial charge is 0.151 e. The summed E-state index contributed by atoms with van der Waals surface area (Å²) in [5.41, 5.74) is 8.48. The van der Waals surface area contributed by atoms with Crippen molar-refractivity contribution in [2.75, 3.05) is 12.8 Å². The van der Waals surface area contributed by atoms with E-state index in [1.165, 1.54) is 6.07 Å². The normalized spacial score (nSPS) is 11.0. The molecule has 1 aromatic heterocycles. The quantitative estimate of drug-likeness (QED) is 0.750. The van der Waals surface area contributed by atoms with E-state index in [2.05, 4.69) is 4.98 Å². The zero-order valence-corrected chi connectivity index (χ0v) is 11.9. The third kappa shape index (κ3) is 2.11. The van der Waals surface area contributed by atoms with Crippen molar-refractivity contribution in [1.29, 1.82) is 0 Å². The lowest BCUT2D eigenvalue weighted by Gasteiger charge is -2.09. The Morgan fingerprint density at radius 1 is 1.29 bits per heavy atom. The van der Waals surface area contributed by atoms with Gasteiger partial charge in [-0.3, -0.25) is 0 Å². The van der Waals surface area contributed by atoms with Gasteiger partial charge in [-0.05, 0) is 37.3 Å². The number of methoxy groups -OCH3 is 1. The Balaban J connectivity index is 2.24. The molecule has 0 amide bonds. The minimum absolute atomic E-state index is 0.317. The minimum Gasteiger partial charge on any atom is -0.495 e. The lowest BCUT2D eigenvalue weighted by Crippen LogP contribution is -1.99. The number of rotatable bonds is 3. The van der Waals surface area contributed by atoms with Gasteiger partial charge in [0.05, 0.1) is 18.3 Å². The second-order valence-corrected chi connectivity index (χ2v) is 4.74. The third-order valence-electron chi connectivity index (χ3n) is 3.53. The molecule has 5 heteroatoms. The summed E-state index contributed by atoms with van der Waals surface area (Å²) < 4.78 is 21.0. The number of aryl methyl sites for hydroxylation is 1. The van der Waals surface area contributed by atoms with E-state index in [-0.39, 0.29) is 5.82 Å². The number of hydrogen-bond donors (Lipinski definition) is 1. The molecule has 0 atom stereocenters. The first kappa shape index (κ1) is 13.4. The lowest BCUT2D eigenvalue weighted by atomic mass is 10.1. The van der Waals surface area contributed by atoms with Crippen molar-refractivity contribution in [2.45, 2.75) is 13.5 Å². The fourth-order valence-electron chi connectivity index (χ4n) is 2.53. The van der Waals surface area contributed by atoms with E-state index in [1.54, 1.807) is 25.3 Å². The molecule has 0 aliphatic carbocycles. The van der Waals surface area contributed by atoms with Crippen LogP contribution < -0.4 is 10.5 Å². The molecule has 0 saturated heterocycles. The predicted molar refractivity (Wildman–Crippen MR) is 81.8 cm³/mol. The highest BCUT2D eigenvalue weighted by molar-refractivity contribution is 5.82. The highest BCUT2D eigenvalue weighted by Crippen LogP contribution is 2.30. The number of benzene rings is 2. The van der Waals surface area contributed by atoms with Crippen molar-refractivity contribution >= 4 is 16.7 Å². The molecule has 3 rings (SSSR count). The largest absolute Gasteiger partial charge is 0.495 e. The van der Waals surface area contributed by atoms with Gasteiger partial charge in [0.15, 0.2) is 5.82 Å². The van der Waals surface area contributed by atoms with E-state index < -0.39 is 0 Å². The number of nitrogens with zero attached hydrogens (tertiary/aromatic N) is 2. The van der Waals surface area contributed by atoms with Crippen molar-refractivity contribution in [2.24, 2.45) is 0 Å². The Kier molecular flexibility index (Phi) is 3.25. The van der Waals surface area contributed by atoms with Crippen LogP contribution in [0.25, 0.3) is 22.4 Å². The monoisotopic (exact) mass is 285 g/mol. The van der Waals surface area contributed by atoms with Gasteiger partial charge in [0, 0.05) is 12.1 Å². The molecule has 0 aliphatic heterocycles. The fourth-order valence-corrected chi connectivity index (χ4v) is 2.53. The summed E-state index contributed by atoms with van der Waals surface area (Å²) in [4.78, 5) is 4.44. The van der Waals surface area contributed by atoms with Crippen LogP contribution in [0, 0.1) is 5.82 Å². The number of ether oxygens (including phenoxy) is 1. The summed E-state index contributed by atoms with van der Waals surface area (Å²) in [5.74, 6) is 0.999. The first-order valence-electron chi connectivity index (χ1n) is 6.74. The standard InChI is InChI=1S/C16H16FN3O/c1-3-20-13-6-4-5-11(17)15(13)19-16(20)10-7-8-14(21-2)12(18)9-10/h4-9H,3,18H2,1-2H3. The summed E-state index contributed by atoms with van der Waals surface area (Å²) >= 11 is 0. The molecule has 0 unspecified atom stereocenters. The van der Waals surface area contributed by atoms with Crippen LogP contribution in [-0.4, -0.2) is 16.7 Å². The number of nitrogen functional groups attached to an aromatic ring is 1. The van der Waals surface area contributed by atoms with Crippen molar-refractivity contribution in [1.82, 2.24) is 9.55 Å². The predicted octanol–water partition coefficient (Wildman–Crippen LogP) is 3.45. The Morgan fingerprint density at radius 2 is 2.10 bits per heavy atom. The Morgan fingerprint density at radius 3 is 2.76 bits per heavy atom. The van der Waals surface area contributed by atoms with E-state index in [4.69, 9.17) is 10.5 Å². The van der Waals surface area contributed by atoms with Gasteiger partial charge in [0.25, 0.3) is 0 Å². The SMILES string of the molecule is CCn1c(-c2ccc(OC)c(N)c2)nc2c(F)cccc21. The van der Waals surface area contributed by atoms with Gasteiger partial charge in [-0.2, -0.15) is 0 Å². The van der Waals surface area contributed by atoms with Gasteiger partial charge in [-0.1, -0.05) is 6.07 Å². The van der Waals surface area contributed by atoms with Gasteiger partial charge >= 0.3 is 0 Å². The number of imidazole rings is 1. The van der Waals surface area contributed by atoms with Crippen molar-refractivity contribution in [3.8, 4) is 17.1 Å². The number of anilines is 1. The zero-order chi connectivity index (χ0) is 15.0. The molecule has 3 aromatic rings. The van der Waals surface area contributed by atoms with E-state index >= 15 is 0 Å². The van der Waals surface area contributed by atoms with Gasteiger partial charge < -0.3 is 15.0 Å². The topological polar surface area (TPSA) is 53.1 Å². The van der Waals surface area contributed by atoms with E-state index in [0.717, 1.165) is 11.1 Å². The lowest BCUT2D eigenvalue weighted by molar-refractivity contribution is 0.417. The number of aromatic nitrogens is 2. The van der Waals surface area contributed by atoms with E-state index in [1.807, 2.05) is 23.6 Å². The van der Waals surface area contributed by atoms with Crippen LogP contribution in [0.3, 0.4) is 0 Å². The van der Waals surface area contributed by atoms with Crippen LogP contribution in [0.1, 0.15) is 6.92 Å². The molecule has 2 aromatic carbocycles. The van der Waals surface area contributed by atoms with Gasteiger partial charge in [-0.25, -0.2) is 9.37 Å². The van der Waals surface area contributed by atoms with Crippen molar-refractivity contribution in [3.63, 3.8) is 0 Å². The summed E-state index contributed by atoms with van der Waals surface area (Å²) in [5, 5.41) is 0. The molecule has 4 nitrogen and oxygen atoms in total. The fraction of sp³-hybridized carbons (Fsp3) is 0.188. The Hall–Kier alpha value is -2.56. The molecule has 1 heterocycles. The molecule has 0 saturated carbocycles. The second-order valence-electron chi connectivity index (χ2n) is 4.74. The molecule has 0 aliphatic rings. The highest BCUT2D eigenvalue weighted by Gasteiger charge is 2.15. The highest BCUT2D eigenvalue weighted by atomic mass is 19.1. The molecule has 0 fully saturated rings. The maximum absolute atomic E-state index is 13.9. The van der Waals surface area contributed by atoms with E-state index in [9.17, 15) is 4.39 Å². The average Bonchev–Trinajstić information content (AvgIpc) is 2.87. The molecule has 21 heavy (non-hydrogen) atoms. The van der Waals surface area contributed by atoms with Crippen molar-refractivity contribution in [3.05, 3.63) is 42.2 Å². The summed E-state index contributed by atoms with van der Waals surface area (Å²) in [6.45, 7) is 2.70. The number of hydrogen-bond acceptors (Lipinski definition) is 3.